The summed E-state index contributed by atoms with van der Waals surface area (Å²) >= 11 is 6.65. The molecule has 2 amide bonds. The smallest absolute Gasteiger partial charge is 0.407 e. The third-order valence-electron chi connectivity index (χ3n) is 8.33. The van der Waals surface area contributed by atoms with Crippen molar-refractivity contribution in [3.8, 4) is 5.75 Å². The number of methoxy groups -OCH3 is 2. The number of nitrogens with one attached hydrogen (secondary N) is 1. The lowest BCUT2D eigenvalue weighted by molar-refractivity contribution is -0.119. The maximum absolute atomic E-state index is 13.4. The Balaban J connectivity index is 1.71. The molecular weight excluding hydrogens is 508 g/mol. The van der Waals surface area contributed by atoms with E-state index in [4.69, 9.17) is 30.5 Å². The second kappa shape index (κ2) is 11.3. The molecule has 0 aliphatic carbocycles. The lowest BCUT2D eigenvalue weighted by atomic mass is 9.81. The second-order valence-corrected chi connectivity index (χ2v) is 11.4. The third-order valence-corrected chi connectivity index (χ3v) is 8.71. The highest BCUT2D eigenvalue weighted by Crippen LogP contribution is 2.50. The summed E-state index contributed by atoms with van der Waals surface area (Å²) in [5.74, 6) is 0.342. The Kier molecular flexibility index (Phi) is 8.45. The highest BCUT2D eigenvalue weighted by atomic mass is 35.5. The number of hydrogen-bond acceptors (Lipinski definition) is 6. The van der Waals surface area contributed by atoms with Crippen molar-refractivity contribution in [2.45, 2.75) is 76.9 Å². The van der Waals surface area contributed by atoms with Gasteiger partial charge in [-0.25, -0.2) is 4.79 Å². The van der Waals surface area contributed by atoms with E-state index >= 15 is 0 Å². The zero-order chi connectivity index (χ0) is 27.8. The van der Waals surface area contributed by atoms with Gasteiger partial charge in [0.25, 0.3) is 0 Å². The molecule has 1 aromatic carbocycles. The van der Waals surface area contributed by atoms with Crippen LogP contribution in [0.2, 0.25) is 5.02 Å². The van der Waals surface area contributed by atoms with Crippen LogP contribution in [0.15, 0.2) is 35.9 Å². The van der Waals surface area contributed by atoms with E-state index in [2.05, 4.69) is 5.32 Å². The Bertz CT molecular complexity index is 1140. The highest BCUT2D eigenvalue weighted by Gasteiger charge is 2.60. The Morgan fingerprint density at radius 3 is 2.63 bits per heavy atom. The number of allylic oxidation sites excluding steroid dienone is 3. The summed E-state index contributed by atoms with van der Waals surface area (Å²) in [6.07, 6.45) is 6.19. The topological polar surface area (TPSA) is 89.6 Å². The molecule has 1 N–H and O–H groups in total. The number of epoxide rings is 1. The Labute approximate surface area is 230 Å². The van der Waals surface area contributed by atoms with Crippen molar-refractivity contribution in [1.29, 1.82) is 0 Å². The predicted octanol–water partition coefficient (Wildman–Crippen LogP) is 5.07. The summed E-state index contributed by atoms with van der Waals surface area (Å²) in [7, 11) is 4.95. The largest absolute Gasteiger partial charge is 0.495 e. The monoisotopic (exact) mass is 546 g/mol. The average Bonchev–Trinajstić information content (AvgIpc) is 3.58. The molecule has 7 atom stereocenters. The van der Waals surface area contributed by atoms with E-state index in [0.717, 1.165) is 11.1 Å². The number of carbonyl (C=O) groups is 2. The standard InChI is InChI=1S/C29H39ClN2O6/c1-16-9-8-10-22(35-6)20-15-23(37-28(34)31-20)18(3)27-29(4,38-27)17(2)12-25(33)32(5)21-13-19(11-16)14-24(36-7)26(21)30/h8-10,13-14,17-18,20,22-23,27H,11-12,15H2,1-7H3,(H,31,34)/b10-8+,16-9+/t17-,18+,20?,22+,23-,27-,29-/m0/s1. The van der Waals surface area contributed by atoms with Gasteiger partial charge in [-0.05, 0) is 43.9 Å². The van der Waals surface area contributed by atoms with Crippen LogP contribution in [-0.4, -0.2) is 63.2 Å². The van der Waals surface area contributed by atoms with Crippen molar-refractivity contribution in [1.82, 2.24) is 5.32 Å². The van der Waals surface area contributed by atoms with Gasteiger partial charge < -0.3 is 29.2 Å². The van der Waals surface area contributed by atoms with Gasteiger partial charge in [0.1, 0.15) is 16.9 Å². The first-order chi connectivity index (χ1) is 18.0. The zero-order valence-corrected chi connectivity index (χ0v) is 24.0. The van der Waals surface area contributed by atoms with E-state index in [0.29, 0.717) is 29.3 Å². The maximum Gasteiger partial charge on any atom is 0.407 e. The summed E-state index contributed by atoms with van der Waals surface area (Å²) in [6, 6.07) is 3.61. The average molecular weight is 547 g/mol. The van der Waals surface area contributed by atoms with Crippen LogP contribution < -0.4 is 15.0 Å². The van der Waals surface area contributed by atoms with Crippen LogP contribution in [0.5, 0.6) is 5.75 Å². The number of anilines is 1. The quantitative estimate of drug-likeness (QED) is 0.521. The summed E-state index contributed by atoms with van der Waals surface area (Å²) in [4.78, 5) is 27.5. The van der Waals surface area contributed by atoms with Crippen molar-refractivity contribution in [3.05, 3.63) is 46.5 Å². The zero-order valence-electron chi connectivity index (χ0n) is 23.2. The number of benzene rings is 1. The van der Waals surface area contributed by atoms with Gasteiger partial charge in [0.05, 0.1) is 36.6 Å². The minimum atomic E-state index is -0.503. The number of alkyl carbamates (subject to hydrolysis) is 1. The van der Waals surface area contributed by atoms with Crippen molar-refractivity contribution in [2.75, 3.05) is 26.2 Å². The van der Waals surface area contributed by atoms with E-state index in [1.807, 2.05) is 58.1 Å². The molecule has 2 saturated heterocycles. The number of rotatable bonds is 2. The van der Waals surface area contributed by atoms with Gasteiger partial charge in [-0.1, -0.05) is 49.2 Å². The number of amides is 2. The molecule has 3 aliphatic heterocycles. The van der Waals surface area contributed by atoms with Gasteiger partial charge in [-0.15, -0.1) is 0 Å². The van der Waals surface area contributed by atoms with Crippen LogP contribution in [0.3, 0.4) is 0 Å². The van der Waals surface area contributed by atoms with Gasteiger partial charge in [0.15, 0.2) is 0 Å². The molecule has 4 rings (SSSR count). The molecule has 9 heteroatoms. The molecule has 3 aliphatic rings. The van der Waals surface area contributed by atoms with Crippen LogP contribution in [0.1, 0.15) is 46.1 Å². The molecule has 1 unspecified atom stereocenters. The molecule has 8 nitrogen and oxygen atoms in total. The van der Waals surface area contributed by atoms with Gasteiger partial charge in [0, 0.05) is 32.9 Å². The summed E-state index contributed by atoms with van der Waals surface area (Å²) in [5.41, 5.74) is 2.18. The fourth-order valence-electron chi connectivity index (χ4n) is 5.64. The molecule has 3 heterocycles. The maximum atomic E-state index is 13.4. The van der Waals surface area contributed by atoms with Crippen molar-refractivity contribution >= 4 is 29.3 Å². The van der Waals surface area contributed by atoms with Crippen molar-refractivity contribution in [2.24, 2.45) is 11.8 Å². The fourth-order valence-corrected chi connectivity index (χ4v) is 5.95. The van der Waals surface area contributed by atoms with Crippen molar-refractivity contribution in [3.63, 3.8) is 0 Å². The van der Waals surface area contributed by atoms with Gasteiger partial charge in [0.2, 0.25) is 5.91 Å². The first-order valence-electron chi connectivity index (χ1n) is 13.1. The van der Waals surface area contributed by atoms with Gasteiger partial charge >= 0.3 is 6.09 Å². The molecule has 0 aromatic heterocycles. The minimum absolute atomic E-state index is 0.0510. The highest BCUT2D eigenvalue weighted by molar-refractivity contribution is 6.35. The van der Waals surface area contributed by atoms with Crippen LogP contribution in [0.25, 0.3) is 0 Å². The van der Waals surface area contributed by atoms with Crippen LogP contribution in [0.4, 0.5) is 10.5 Å². The number of carbonyl (C=O) groups excluding carboxylic acids is 2. The first-order valence-corrected chi connectivity index (χ1v) is 13.5. The molecule has 208 valence electrons. The second-order valence-electron chi connectivity index (χ2n) is 11.0. The summed E-state index contributed by atoms with van der Waals surface area (Å²) in [6.45, 7) is 8.13. The van der Waals surface area contributed by atoms with E-state index < -0.39 is 11.7 Å². The minimum Gasteiger partial charge on any atom is -0.495 e. The van der Waals surface area contributed by atoms with E-state index in [-0.39, 0.29) is 48.5 Å². The molecule has 1 aromatic rings. The lowest BCUT2D eigenvalue weighted by Gasteiger charge is -2.36. The first kappa shape index (κ1) is 28.5. The van der Waals surface area contributed by atoms with Gasteiger partial charge in [-0.2, -0.15) is 0 Å². The van der Waals surface area contributed by atoms with Gasteiger partial charge in [-0.3, -0.25) is 4.79 Å². The Morgan fingerprint density at radius 2 is 1.95 bits per heavy atom. The number of nitrogens with zero attached hydrogens (tertiary/aromatic N) is 1. The summed E-state index contributed by atoms with van der Waals surface area (Å²) in [5, 5.41) is 3.31. The molecule has 4 bridgehead atoms. The van der Waals surface area contributed by atoms with E-state index in [1.165, 1.54) is 0 Å². The molecular formula is C29H39ClN2O6. The Morgan fingerprint density at radius 1 is 1.21 bits per heavy atom. The lowest BCUT2D eigenvalue weighted by Crippen LogP contribution is -2.53. The fraction of sp³-hybridized carbons (Fsp3) is 0.586. The Hall–Kier alpha value is -2.55. The molecule has 0 spiro atoms. The van der Waals surface area contributed by atoms with E-state index in [1.54, 1.807) is 26.2 Å². The summed E-state index contributed by atoms with van der Waals surface area (Å²) < 4.78 is 23.2. The predicted molar refractivity (Wildman–Crippen MR) is 147 cm³/mol. The van der Waals surface area contributed by atoms with Crippen molar-refractivity contribution < 1.29 is 28.5 Å². The number of hydrogen-bond donors (Lipinski definition) is 1. The van der Waals surface area contributed by atoms with E-state index in [9.17, 15) is 9.59 Å². The number of ether oxygens (including phenoxy) is 4. The molecule has 2 fully saturated rings. The van der Waals surface area contributed by atoms with Crippen LogP contribution in [-0.2, 0) is 25.4 Å². The SMILES string of the molecule is COc1cc2cc(c1Cl)N(C)C(=O)C[C@H](C)[C@]1(C)O[C@H]1[C@H](C)[C@@H]1CC(NC(=O)O1)[C@H](OC)/C=C/C=C(\C)C2. The van der Waals surface area contributed by atoms with Crippen LogP contribution >= 0.6 is 11.6 Å². The molecule has 38 heavy (non-hydrogen) atoms. The number of fused-ring (bicyclic) bond motifs is 5. The molecule has 0 saturated carbocycles. The molecule has 0 radical (unpaired) electrons. The third kappa shape index (κ3) is 5.72. The van der Waals surface area contributed by atoms with Crippen LogP contribution in [0, 0.1) is 11.8 Å². The number of halogens is 1. The normalized spacial score (nSPS) is 36.3.